The number of para-hydroxylation sites is 2. The molecule has 3 aromatic carbocycles. The first-order valence-corrected chi connectivity index (χ1v) is 12.1. The summed E-state index contributed by atoms with van der Waals surface area (Å²) in [5.74, 6) is 0.462. The van der Waals surface area contributed by atoms with E-state index in [0.29, 0.717) is 23.8 Å². The van der Waals surface area contributed by atoms with Crippen molar-refractivity contribution in [2.75, 3.05) is 24.6 Å². The zero-order chi connectivity index (χ0) is 24.6. The van der Waals surface area contributed by atoms with Crippen molar-refractivity contribution in [2.24, 2.45) is 5.10 Å². The number of methoxy groups -OCH3 is 1. The van der Waals surface area contributed by atoms with Crippen molar-refractivity contribution in [1.82, 2.24) is 5.43 Å². The van der Waals surface area contributed by atoms with E-state index < -0.39 is 22.5 Å². The molecule has 8 nitrogen and oxygen atoms in total. The van der Waals surface area contributed by atoms with Crippen LogP contribution in [0.25, 0.3) is 0 Å². The van der Waals surface area contributed by atoms with Gasteiger partial charge in [-0.05, 0) is 67.9 Å². The zero-order valence-electron chi connectivity index (χ0n) is 19.3. The van der Waals surface area contributed by atoms with Crippen molar-refractivity contribution in [1.29, 1.82) is 0 Å². The quantitative estimate of drug-likeness (QED) is 0.351. The van der Waals surface area contributed by atoms with E-state index in [1.807, 2.05) is 12.1 Å². The summed E-state index contributed by atoms with van der Waals surface area (Å²) in [6, 6.07) is 21.8. The lowest BCUT2D eigenvalue weighted by molar-refractivity contribution is -0.119. The first-order chi connectivity index (χ1) is 16.4. The van der Waals surface area contributed by atoms with Gasteiger partial charge in [0.25, 0.3) is 15.9 Å². The monoisotopic (exact) mass is 481 g/mol. The van der Waals surface area contributed by atoms with Crippen LogP contribution in [0.3, 0.4) is 0 Å². The number of amides is 1. The highest BCUT2D eigenvalue weighted by Gasteiger charge is 2.29. The number of hydrazone groups is 1. The van der Waals surface area contributed by atoms with Crippen molar-refractivity contribution in [3.8, 4) is 11.5 Å². The summed E-state index contributed by atoms with van der Waals surface area (Å²) in [5, 5.41) is 4.13. The third-order valence-electron chi connectivity index (χ3n) is 4.91. The standard InChI is InChI=1S/C25H27N3O5S/c1-4-33-24-13-9-8-12-23(24)28(34(30,31)22-10-6-5-7-11-22)18-25(29)27-26-19(2)20-14-16-21(32-3)17-15-20/h5-17H,4,18H2,1-3H3,(H,27,29)/b26-19-. The minimum atomic E-state index is -4.06. The molecule has 0 bridgehead atoms. The number of nitrogens with zero attached hydrogens (tertiary/aromatic N) is 2. The van der Waals surface area contributed by atoms with Crippen molar-refractivity contribution < 1.29 is 22.7 Å². The fraction of sp³-hybridized carbons (Fsp3) is 0.200. The van der Waals surface area contributed by atoms with Gasteiger partial charge in [0.1, 0.15) is 18.0 Å². The molecular weight excluding hydrogens is 454 g/mol. The van der Waals surface area contributed by atoms with Crippen LogP contribution in [-0.4, -0.2) is 40.3 Å². The maximum Gasteiger partial charge on any atom is 0.264 e. The van der Waals surface area contributed by atoms with E-state index in [9.17, 15) is 13.2 Å². The van der Waals surface area contributed by atoms with E-state index in [-0.39, 0.29) is 10.6 Å². The Morgan fingerprint density at radius 3 is 2.26 bits per heavy atom. The summed E-state index contributed by atoms with van der Waals surface area (Å²) < 4.78 is 38.8. The number of hydrogen-bond acceptors (Lipinski definition) is 6. The van der Waals surface area contributed by atoms with Gasteiger partial charge >= 0.3 is 0 Å². The average molecular weight is 482 g/mol. The Hall–Kier alpha value is -3.85. The molecule has 0 aromatic heterocycles. The van der Waals surface area contributed by atoms with E-state index in [1.54, 1.807) is 75.6 Å². The Labute approximate surface area is 199 Å². The molecule has 0 aliphatic carbocycles. The maximum absolute atomic E-state index is 13.5. The molecule has 9 heteroatoms. The minimum absolute atomic E-state index is 0.0621. The zero-order valence-corrected chi connectivity index (χ0v) is 20.1. The summed E-state index contributed by atoms with van der Waals surface area (Å²) in [7, 11) is -2.48. The van der Waals surface area contributed by atoms with Crippen LogP contribution >= 0.6 is 0 Å². The molecule has 0 heterocycles. The van der Waals surface area contributed by atoms with Crippen molar-refractivity contribution >= 4 is 27.3 Å². The lowest BCUT2D eigenvalue weighted by atomic mass is 10.1. The van der Waals surface area contributed by atoms with Crippen LogP contribution in [0.15, 0.2) is 88.9 Å². The number of rotatable bonds is 10. The first kappa shape index (κ1) is 24.8. The molecule has 0 radical (unpaired) electrons. The molecule has 0 saturated carbocycles. The normalized spacial score (nSPS) is 11.6. The molecule has 0 saturated heterocycles. The lowest BCUT2D eigenvalue weighted by Crippen LogP contribution is -2.40. The van der Waals surface area contributed by atoms with Gasteiger partial charge in [-0.2, -0.15) is 5.10 Å². The van der Waals surface area contributed by atoms with Crippen LogP contribution in [0.5, 0.6) is 11.5 Å². The second-order valence-electron chi connectivity index (χ2n) is 7.19. The van der Waals surface area contributed by atoms with Crippen molar-refractivity contribution in [3.05, 3.63) is 84.4 Å². The van der Waals surface area contributed by atoms with Gasteiger partial charge in [-0.3, -0.25) is 9.10 Å². The molecule has 0 spiro atoms. The highest BCUT2D eigenvalue weighted by Crippen LogP contribution is 2.32. The van der Waals surface area contributed by atoms with E-state index >= 15 is 0 Å². The predicted octanol–water partition coefficient (Wildman–Crippen LogP) is 3.83. The van der Waals surface area contributed by atoms with Gasteiger partial charge in [0.2, 0.25) is 0 Å². The number of ether oxygens (including phenoxy) is 2. The smallest absolute Gasteiger partial charge is 0.264 e. The molecule has 3 rings (SSSR count). The van der Waals surface area contributed by atoms with Gasteiger partial charge in [-0.25, -0.2) is 13.8 Å². The molecule has 1 amide bonds. The number of carbonyl (C=O) groups excluding carboxylic acids is 1. The molecule has 0 unspecified atom stereocenters. The molecule has 0 fully saturated rings. The Morgan fingerprint density at radius 2 is 1.62 bits per heavy atom. The van der Waals surface area contributed by atoms with Gasteiger partial charge in [0.05, 0.1) is 30.0 Å². The Bertz CT molecular complexity index is 1240. The van der Waals surface area contributed by atoms with Gasteiger partial charge in [0, 0.05) is 0 Å². The number of benzene rings is 3. The van der Waals surface area contributed by atoms with E-state index in [2.05, 4.69) is 10.5 Å². The molecule has 0 atom stereocenters. The molecule has 3 aromatic rings. The second kappa shape index (κ2) is 11.3. The minimum Gasteiger partial charge on any atom is -0.497 e. The summed E-state index contributed by atoms with van der Waals surface area (Å²) in [6.45, 7) is 3.40. The van der Waals surface area contributed by atoms with Crippen LogP contribution in [0.2, 0.25) is 0 Å². The van der Waals surface area contributed by atoms with Gasteiger partial charge < -0.3 is 9.47 Å². The van der Waals surface area contributed by atoms with E-state index in [1.165, 1.54) is 12.1 Å². The van der Waals surface area contributed by atoms with Crippen molar-refractivity contribution in [3.63, 3.8) is 0 Å². The maximum atomic E-state index is 13.5. The number of anilines is 1. The first-order valence-electron chi connectivity index (χ1n) is 10.6. The summed E-state index contributed by atoms with van der Waals surface area (Å²) >= 11 is 0. The van der Waals surface area contributed by atoms with Crippen LogP contribution < -0.4 is 19.2 Å². The molecule has 178 valence electrons. The number of carbonyl (C=O) groups is 1. The van der Waals surface area contributed by atoms with Gasteiger partial charge in [0.15, 0.2) is 0 Å². The van der Waals surface area contributed by atoms with E-state index in [4.69, 9.17) is 9.47 Å². The van der Waals surface area contributed by atoms with Crippen LogP contribution in [0.1, 0.15) is 19.4 Å². The highest BCUT2D eigenvalue weighted by molar-refractivity contribution is 7.92. The average Bonchev–Trinajstić information content (AvgIpc) is 2.87. The SMILES string of the molecule is CCOc1ccccc1N(CC(=O)N/N=C(/C)c1ccc(OC)cc1)S(=O)(=O)c1ccccc1. The number of nitrogens with one attached hydrogen (secondary N) is 1. The summed E-state index contributed by atoms with van der Waals surface area (Å²) in [4.78, 5) is 12.9. The summed E-state index contributed by atoms with van der Waals surface area (Å²) in [6.07, 6.45) is 0. The fourth-order valence-electron chi connectivity index (χ4n) is 3.17. The van der Waals surface area contributed by atoms with Gasteiger partial charge in [-0.15, -0.1) is 0 Å². The third-order valence-corrected chi connectivity index (χ3v) is 6.68. The number of hydrogen-bond donors (Lipinski definition) is 1. The van der Waals surface area contributed by atoms with Crippen molar-refractivity contribution in [2.45, 2.75) is 18.7 Å². The fourth-order valence-corrected chi connectivity index (χ4v) is 4.62. The highest BCUT2D eigenvalue weighted by atomic mass is 32.2. The Kier molecular flexibility index (Phi) is 8.26. The number of sulfonamides is 1. The molecule has 0 aliphatic rings. The van der Waals surface area contributed by atoms with Crippen LogP contribution in [0, 0.1) is 0 Å². The Balaban J connectivity index is 1.89. The Morgan fingerprint density at radius 1 is 0.971 bits per heavy atom. The molecule has 0 aliphatic heterocycles. The topological polar surface area (TPSA) is 97.3 Å². The van der Waals surface area contributed by atoms with Crippen LogP contribution in [0.4, 0.5) is 5.69 Å². The lowest BCUT2D eigenvalue weighted by Gasteiger charge is -2.25. The molecule has 34 heavy (non-hydrogen) atoms. The van der Waals surface area contributed by atoms with Crippen LogP contribution in [-0.2, 0) is 14.8 Å². The third kappa shape index (κ3) is 5.93. The molecular formula is C25H27N3O5S. The summed E-state index contributed by atoms with van der Waals surface area (Å²) in [5.41, 5.74) is 4.07. The van der Waals surface area contributed by atoms with E-state index in [0.717, 1.165) is 9.87 Å². The predicted molar refractivity (Wildman–Crippen MR) is 132 cm³/mol. The van der Waals surface area contributed by atoms with Gasteiger partial charge in [-0.1, -0.05) is 30.3 Å². The molecule has 1 N–H and O–H groups in total. The largest absolute Gasteiger partial charge is 0.497 e. The second-order valence-corrected chi connectivity index (χ2v) is 9.05.